The van der Waals surface area contributed by atoms with Crippen molar-refractivity contribution in [3.05, 3.63) is 53.1 Å². The molecule has 1 N–H and O–H groups in total. The van der Waals surface area contributed by atoms with Crippen LogP contribution in [0.15, 0.2) is 30.6 Å². The predicted octanol–water partition coefficient (Wildman–Crippen LogP) is 5.95. The number of hydrogen-bond acceptors (Lipinski definition) is 6. The number of alkyl halides is 3. The van der Waals surface area contributed by atoms with Crippen LogP contribution in [-0.4, -0.2) is 46.1 Å². The van der Waals surface area contributed by atoms with Gasteiger partial charge in [-0.1, -0.05) is 12.1 Å². The third-order valence-electron chi connectivity index (χ3n) is 6.66. The molecule has 0 saturated carbocycles. The van der Waals surface area contributed by atoms with Crippen LogP contribution in [0.4, 0.5) is 23.4 Å². The highest BCUT2D eigenvalue weighted by Gasteiger charge is 2.35. The van der Waals surface area contributed by atoms with Crippen LogP contribution in [-0.2, 0) is 6.18 Å². The van der Waals surface area contributed by atoms with Crippen LogP contribution < -0.4 is 10.1 Å². The first-order chi connectivity index (χ1) is 16.6. The third-order valence-corrected chi connectivity index (χ3v) is 6.66. The molecule has 35 heavy (non-hydrogen) atoms. The number of benzene rings is 1. The Morgan fingerprint density at radius 3 is 2.46 bits per heavy atom. The number of ether oxygens (including phenoxy) is 1. The lowest BCUT2D eigenvalue weighted by Gasteiger charge is -2.35. The number of halogens is 4. The van der Waals surface area contributed by atoms with Gasteiger partial charge in [0.2, 0.25) is 5.88 Å². The summed E-state index contributed by atoms with van der Waals surface area (Å²) in [4.78, 5) is 15.5. The fraction of sp³-hybridized carbons (Fsp3) is 0.480. The Morgan fingerprint density at radius 1 is 1.11 bits per heavy atom. The van der Waals surface area contributed by atoms with Crippen molar-refractivity contribution in [3.63, 3.8) is 0 Å². The summed E-state index contributed by atoms with van der Waals surface area (Å²) in [6.45, 7) is 7.88. The van der Waals surface area contributed by atoms with Gasteiger partial charge >= 0.3 is 6.18 Å². The minimum atomic E-state index is -4.78. The topological polar surface area (TPSA) is 63.2 Å². The number of anilines is 1. The third kappa shape index (κ3) is 5.17. The predicted molar refractivity (Wildman–Crippen MR) is 126 cm³/mol. The number of nitrogens with one attached hydrogen (secondary N) is 1. The second-order valence-corrected chi connectivity index (χ2v) is 9.16. The van der Waals surface area contributed by atoms with E-state index in [9.17, 15) is 17.6 Å². The molecule has 10 heteroatoms. The minimum absolute atomic E-state index is 0.102. The molecule has 1 aliphatic heterocycles. The monoisotopic (exact) mass is 491 g/mol. The summed E-state index contributed by atoms with van der Waals surface area (Å²) >= 11 is 0. The number of pyridine rings is 1. The zero-order chi connectivity index (χ0) is 25.3. The number of nitrogens with zero attached hydrogens (tertiary/aromatic N) is 4. The van der Waals surface area contributed by atoms with Crippen molar-refractivity contribution in [2.45, 2.75) is 57.8 Å². The Balaban J connectivity index is 1.67. The van der Waals surface area contributed by atoms with Crippen molar-refractivity contribution in [1.29, 1.82) is 0 Å². The molecule has 1 saturated heterocycles. The van der Waals surface area contributed by atoms with Gasteiger partial charge in [-0.05, 0) is 64.8 Å². The van der Waals surface area contributed by atoms with Gasteiger partial charge in [0.15, 0.2) is 5.65 Å². The average molecular weight is 492 g/mol. The van der Waals surface area contributed by atoms with Gasteiger partial charge in [0, 0.05) is 17.2 Å². The van der Waals surface area contributed by atoms with E-state index >= 15 is 0 Å². The number of piperidine rings is 1. The normalized spacial score (nSPS) is 16.6. The van der Waals surface area contributed by atoms with Crippen molar-refractivity contribution in [1.82, 2.24) is 19.9 Å². The highest BCUT2D eigenvalue weighted by atomic mass is 19.4. The van der Waals surface area contributed by atoms with Gasteiger partial charge < -0.3 is 15.0 Å². The standard InChI is InChI=1S/C25H29F4N5O/c1-14(2)34-10-8-16(9-11-34)18-12-19-22(30-13-31-23(19)33-24(18)35-4)32-15(3)17-6-5-7-20(21(17)26)25(27,28)29/h5-7,12-16H,8-11H2,1-4H3,(H,30,31,32,33)/t15-/m1/s1. The van der Waals surface area contributed by atoms with E-state index in [2.05, 4.69) is 39.0 Å². The number of fused-ring (bicyclic) bond motifs is 1. The molecule has 188 valence electrons. The second kappa shape index (κ2) is 9.93. The summed E-state index contributed by atoms with van der Waals surface area (Å²) < 4.78 is 59.8. The molecule has 0 amide bonds. The van der Waals surface area contributed by atoms with Crippen molar-refractivity contribution >= 4 is 16.9 Å². The number of hydrogen-bond donors (Lipinski definition) is 1. The van der Waals surface area contributed by atoms with E-state index in [0.717, 1.165) is 37.6 Å². The van der Waals surface area contributed by atoms with Gasteiger partial charge in [0.05, 0.1) is 24.1 Å². The first kappa shape index (κ1) is 25.1. The maximum atomic E-state index is 14.7. The van der Waals surface area contributed by atoms with Crippen LogP contribution in [0.5, 0.6) is 5.88 Å². The molecule has 2 aromatic heterocycles. The Bertz CT molecular complexity index is 1190. The molecule has 4 rings (SSSR count). The average Bonchev–Trinajstić information content (AvgIpc) is 2.82. The maximum absolute atomic E-state index is 14.7. The molecular formula is C25H29F4N5O. The number of rotatable bonds is 6. The van der Waals surface area contributed by atoms with E-state index < -0.39 is 23.6 Å². The lowest BCUT2D eigenvalue weighted by molar-refractivity contribution is -0.140. The molecule has 1 atom stereocenters. The quantitative estimate of drug-likeness (QED) is 0.430. The van der Waals surface area contributed by atoms with Gasteiger partial charge in [-0.15, -0.1) is 0 Å². The number of methoxy groups -OCH3 is 1. The molecule has 3 aromatic rings. The zero-order valence-corrected chi connectivity index (χ0v) is 20.2. The first-order valence-electron chi connectivity index (χ1n) is 11.7. The van der Waals surface area contributed by atoms with Crippen LogP contribution in [0.2, 0.25) is 0 Å². The van der Waals surface area contributed by atoms with Crippen LogP contribution in [0.3, 0.4) is 0 Å². The van der Waals surface area contributed by atoms with Gasteiger partial charge in [-0.25, -0.2) is 14.4 Å². The molecule has 0 radical (unpaired) electrons. The van der Waals surface area contributed by atoms with E-state index in [1.54, 1.807) is 14.0 Å². The Morgan fingerprint density at radius 2 is 1.83 bits per heavy atom. The second-order valence-electron chi connectivity index (χ2n) is 9.16. The Kier molecular flexibility index (Phi) is 7.12. The summed E-state index contributed by atoms with van der Waals surface area (Å²) in [5.41, 5.74) is -0.0643. The van der Waals surface area contributed by atoms with Crippen molar-refractivity contribution < 1.29 is 22.3 Å². The van der Waals surface area contributed by atoms with Crippen LogP contribution in [0, 0.1) is 5.82 Å². The molecule has 6 nitrogen and oxygen atoms in total. The molecule has 1 aromatic carbocycles. The summed E-state index contributed by atoms with van der Waals surface area (Å²) in [7, 11) is 1.57. The SMILES string of the molecule is COc1nc2ncnc(N[C@H](C)c3cccc(C(F)(F)F)c3F)c2cc1C1CCN(C(C)C)CC1. The molecule has 3 heterocycles. The summed E-state index contributed by atoms with van der Waals surface area (Å²) in [5, 5.41) is 3.67. The fourth-order valence-electron chi connectivity index (χ4n) is 4.67. The molecule has 0 spiro atoms. The summed E-state index contributed by atoms with van der Waals surface area (Å²) in [6.07, 6.45) is -1.57. The molecule has 1 fully saturated rings. The zero-order valence-electron chi connectivity index (χ0n) is 20.2. The smallest absolute Gasteiger partial charge is 0.419 e. The van der Waals surface area contributed by atoms with Crippen molar-refractivity contribution in [3.8, 4) is 5.88 Å². The van der Waals surface area contributed by atoms with E-state index in [-0.39, 0.29) is 11.5 Å². The number of likely N-dealkylation sites (tertiary alicyclic amines) is 1. The van der Waals surface area contributed by atoms with Gasteiger partial charge in [0.1, 0.15) is 18.0 Å². The van der Waals surface area contributed by atoms with E-state index in [0.29, 0.717) is 28.8 Å². The lowest BCUT2D eigenvalue weighted by atomic mass is 9.89. The first-order valence-corrected chi connectivity index (χ1v) is 11.7. The minimum Gasteiger partial charge on any atom is -0.481 e. The highest BCUT2D eigenvalue weighted by molar-refractivity contribution is 5.87. The van der Waals surface area contributed by atoms with Gasteiger partial charge in [-0.3, -0.25) is 0 Å². The van der Waals surface area contributed by atoms with Crippen LogP contribution in [0.1, 0.15) is 62.3 Å². The Labute approximate surface area is 201 Å². The highest BCUT2D eigenvalue weighted by Crippen LogP contribution is 2.38. The number of aromatic nitrogens is 3. The van der Waals surface area contributed by atoms with E-state index in [1.807, 2.05) is 6.07 Å². The van der Waals surface area contributed by atoms with Crippen molar-refractivity contribution in [2.24, 2.45) is 0 Å². The van der Waals surface area contributed by atoms with Crippen LogP contribution in [0.25, 0.3) is 11.0 Å². The maximum Gasteiger partial charge on any atom is 0.419 e. The molecule has 0 aliphatic carbocycles. The van der Waals surface area contributed by atoms with Crippen LogP contribution >= 0.6 is 0 Å². The van der Waals surface area contributed by atoms with Gasteiger partial charge in [-0.2, -0.15) is 18.2 Å². The van der Waals surface area contributed by atoms with Gasteiger partial charge in [0.25, 0.3) is 0 Å². The molecule has 0 unspecified atom stereocenters. The molecular weight excluding hydrogens is 462 g/mol. The van der Waals surface area contributed by atoms with E-state index in [4.69, 9.17) is 4.74 Å². The Hall–Kier alpha value is -3.01. The summed E-state index contributed by atoms with van der Waals surface area (Å²) in [5.74, 6) is -0.184. The molecule has 1 aliphatic rings. The summed E-state index contributed by atoms with van der Waals surface area (Å²) in [6, 6.07) is 4.91. The largest absolute Gasteiger partial charge is 0.481 e. The molecule has 0 bridgehead atoms. The van der Waals surface area contributed by atoms with Crippen molar-refractivity contribution in [2.75, 3.05) is 25.5 Å². The lowest BCUT2D eigenvalue weighted by Crippen LogP contribution is -2.37. The van der Waals surface area contributed by atoms with E-state index in [1.165, 1.54) is 18.5 Å². The fourth-order valence-corrected chi connectivity index (χ4v) is 4.67.